The highest BCUT2D eigenvalue weighted by molar-refractivity contribution is 6.30. The maximum Gasteiger partial charge on any atom is 0.323 e. The van der Waals surface area contributed by atoms with Gasteiger partial charge in [0.15, 0.2) is 0 Å². The minimum Gasteiger partial charge on any atom is -0.367 e. The maximum atomic E-state index is 12.1. The molecule has 0 aromatic heterocycles. The van der Waals surface area contributed by atoms with Crippen LogP contribution >= 0.6 is 11.6 Å². The number of ether oxygens (including phenoxy) is 1. The molecule has 0 aliphatic carbocycles. The molecule has 3 saturated heterocycles. The summed E-state index contributed by atoms with van der Waals surface area (Å²) < 4.78 is 6.09. The number of nitrogens with one attached hydrogen (secondary N) is 3. The van der Waals surface area contributed by atoms with Gasteiger partial charge in [0.05, 0.1) is 6.61 Å². The molecule has 0 saturated carbocycles. The van der Waals surface area contributed by atoms with E-state index in [1.165, 1.54) is 0 Å². The maximum absolute atomic E-state index is 12.1. The van der Waals surface area contributed by atoms with Crippen LogP contribution in [0, 0.1) is 0 Å². The van der Waals surface area contributed by atoms with Crippen molar-refractivity contribution < 1.29 is 9.53 Å². The zero-order valence-corrected chi connectivity index (χ0v) is 14.5. The Kier molecular flexibility index (Phi) is 4.37. The Morgan fingerprint density at radius 3 is 2.60 bits per heavy atom. The van der Waals surface area contributed by atoms with E-state index in [4.69, 9.17) is 16.3 Å². The number of hydrogen-bond donors (Lipinski definition) is 3. The van der Waals surface area contributed by atoms with Crippen LogP contribution in [0.5, 0.6) is 0 Å². The number of halogens is 1. The summed E-state index contributed by atoms with van der Waals surface area (Å²) in [4.78, 5) is 12.1. The Bertz CT molecular complexity index is 757. The number of carbonyl (C=O) groups is 1. The molecule has 130 valence electrons. The molecular weight excluding hydrogens is 338 g/mol. The van der Waals surface area contributed by atoms with E-state index in [1.807, 2.05) is 24.3 Å². The van der Waals surface area contributed by atoms with Crippen LogP contribution in [0.3, 0.4) is 0 Å². The monoisotopic (exact) mass is 357 g/mol. The van der Waals surface area contributed by atoms with Crippen molar-refractivity contribution in [3.63, 3.8) is 0 Å². The first-order valence-electron chi connectivity index (χ1n) is 8.44. The molecule has 0 radical (unpaired) electrons. The lowest BCUT2D eigenvalue weighted by Crippen LogP contribution is -2.57. The molecule has 3 fully saturated rings. The number of rotatable bonds is 3. The van der Waals surface area contributed by atoms with E-state index in [0.29, 0.717) is 16.8 Å². The largest absolute Gasteiger partial charge is 0.367 e. The fraction of sp³-hybridized carbons (Fsp3) is 0.316. The van der Waals surface area contributed by atoms with Gasteiger partial charge in [-0.05, 0) is 48.7 Å². The molecule has 2 atom stereocenters. The summed E-state index contributed by atoms with van der Waals surface area (Å²) in [5.74, 6) is 0. The molecule has 0 spiro atoms. The lowest BCUT2D eigenvalue weighted by molar-refractivity contribution is -0.129. The number of urea groups is 1. The summed E-state index contributed by atoms with van der Waals surface area (Å²) in [6.07, 6.45) is 2.18. The molecular formula is C19H20ClN3O2. The molecule has 3 heterocycles. The van der Waals surface area contributed by atoms with Gasteiger partial charge in [-0.1, -0.05) is 29.8 Å². The molecule has 2 aromatic carbocycles. The Balaban J connectivity index is 1.41. The van der Waals surface area contributed by atoms with Crippen LogP contribution in [0.2, 0.25) is 5.02 Å². The van der Waals surface area contributed by atoms with Gasteiger partial charge in [0.1, 0.15) is 5.60 Å². The van der Waals surface area contributed by atoms with Crippen LogP contribution < -0.4 is 16.0 Å². The fourth-order valence-electron chi connectivity index (χ4n) is 3.48. The molecule has 5 nitrogen and oxygen atoms in total. The van der Waals surface area contributed by atoms with Gasteiger partial charge in [-0.2, -0.15) is 0 Å². The number of benzene rings is 2. The molecule has 3 N–H and O–H groups in total. The second kappa shape index (κ2) is 6.67. The van der Waals surface area contributed by atoms with Gasteiger partial charge in [0.2, 0.25) is 0 Å². The minimum atomic E-state index is -0.302. The quantitative estimate of drug-likeness (QED) is 0.779. The van der Waals surface area contributed by atoms with E-state index in [-0.39, 0.29) is 11.6 Å². The van der Waals surface area contributed by atoms with Crippen LogP contribution in [0.25, 0.3) is 0 Å². The van der Waals surface area contributed by atoms with E-state index in [0.717, 1.165) is 37.2 Å². The molecule has 3 aliphatic heterocycles. The molecule has 3 aliphatic rings. The van der Waals surface area contributed by atoms with Crippen LogP contribution in [0.1, 0.15) is 18.4 Å². The van der Waals surface area contributed by atoms with E-state index in [2.05, 4.69) is 16.0 Å². The van der Waals surface area contributed by atoms with Crippen LogP contribution in [0.15, 0.2) is 48.5 Å². The number of anilines is 2. The number of amides is 2. The highest BCUT2D eigenvalue weighted by Crippen LogP contribution is 2.38. The van der Waals surface area contributed by atoms with Crippen LogP contribution in [-0.4, -0.2) is 25.2 Å². The van der Waals surface area contributed by atoms with Gasteiger partial charge in [0.25, 0.3) is 0 Å². The van der Waals surface area contributed by atoms with Crippen molar-refractivity contribution in [1.29, 1.82) is 0 Å². The molecule has 25 heavy (non-hydrogen) atoms. The summed E-state index contributed by atoms with van der Waals surface area (Å²) >= 11 is 5.92. The second-order valence-corrected chi connectivity index (χ2v) is 7.03. The smallest absolute Gasteiger partial charge is 0.323 e. The normalized spacial score (nSPS) is 24.8. The van der Waals surface area contributed by atoms with E-state index >= 15 is 0 Å². The topological polar surface area (TPSA) is 62.4 Å². The van der Waals surface area contributed by atoms with E-state index in [9.17, 15) is 4.79 Å². The number of piperidine rings is 1. The zero-order chi connectivity index (χ0) is 17.3. The summed E-state index contributed by atoms with van der Waals surface area (Å²) in [5.41, 5.74) is 2.31. The average molecular weight is 358 g/mol. The predicted molar refractivity (Wildman–Crippen MR) is 99.2 cm³/mol. The van der Waals surface area contributed by atoms with Crippen molar-refractivity contribution in [2.75, 3.05) is 23.8 Å². The van der Waals surface area contributed by atoms with Crippen molar-refractivity contribution in [3.05, 3.63) is 59.1 Å². The lowest BCUT2D eigenvalue weighted by atomic mass is 9.81. The standard InChI is InChI=1S/C19H20ClN3O2/c20-14-2-1-3-16(10-14)23-18(24)22-15-6-4-13(5-7-15)19-9-8-17(11-25-19)21-12-19/h1-7,10,17,21H,8-9,11-12H2,(H2,22,23,24). The second-order valence-electron chi connectivity index (χ2n) is 6.59. The van der Waals surface area contributed by atoms with Gasteiger partial charge < -0.3 is 20.7 Å². The first-order valence-corrected chi connectivity index (χ1v) is 8.82. The first-order chi connectivity index (χ1) is 12.1. The summed E-state index contributed by atoms with van der Waals surface area (Å²) in [6, 6.07) is 15.1. The molecule has 2 bridgehead atoms. The van der Waals surface area contributed by atoms with E-state index < -0.39 is 0 Å². The van der Waals surface area contributed by atoms with Crippen molar-refractivity contribution in [2.45, 2.75) is 24.5 Å². The van der Waals surface area contributed by atoms with Gasteiger partial charge in [-0.3, -0.25) is 0 Å². The highest BCUT2D eigenvalue weighted by atomic mass is 35.5. The molecule has 2 unspecified atom stereocenters. The third-order valence-electron chi connectivity index (χ3n) is 4.89. The number of hydrogen-bond acceptors (Lipinski definition) is 3. The van der Waals surface area contributed by atoms with Gasteiger partial charge in [-0.15, -0.1) is 0 Å². The summed E-state index contributed by atoms with van der Waals surface area (Å²) in [7, 11) is 0. The third kappa shape index (κ3) is 3.49. The molecule has 2 aromatic rings. The first kappa shape index (κ1) is 16.4. The van der Waals surface area contributed by atoms with Gasteiger partial charge in [0, 0.05) is 29.0 Å². The average Bonchev–Trinajstić information content (AvgIpc) is 2.64. The predicted octanol–water partition coefficient (Wildman–Crippen LogP) is 3.96. The SMILES string of the molecule is O=C(Nc1ccc(C23CCC(CO2)NC3)cc1)Nc1cccc(Cl)c1. The van der Waals surface area contributed by atoms with Crippen molar-refractivity contribution in [3.8, 4) is 0 Å². The van der Waals surface area contributed by atoms with Crippen molar-refractivity contribution in [2.24, 2.45) is 0 Å². The number of fused-ring (bicyclic) bond motifs is 3. The van der Waals surface area contributed by atoms with Crippen LogP contribution in [0.4, 0.5) is 16.2 Å². The van der Waals surface area contributed by atoms with Gasteiger partial charge in [-0.25, -0.2) is 4.79 Å². The zero-order valence-electron chi connectivity index (χ0n) is 13.7. The fourth-order valence-corrected chi connectivity index (χ4v) is 3.67. The summed E-state index contributed by atoms with van der Waals surface area (Å²) in [6.45, 7) is 1.61. The van der Waals surface area contributed by atoms with Crippen molar-refractivity contribution >= 4 is 29.0 Å². The van der Waals surface area contributed by atoms with E-state index in [1.54, 1.807) is 24.3 Å². The molecule has 6 heteroatoms. The molecule has 5 rings (SSSR count). The molecule has 2 amide bonds. The van der Waals surface area contributed by atoms with Crippen LogP contribution in [-0.2, 0) is 10.3 Å². The Morgan fingerprint density at radius 1 is 1.16 bits per heavy atom. The Morgan fingerprint density at radius 2 is 1.96 bits per heavy atom. The third-order valence-corrected chi connectivity index (χ3v) is 5.12. The Labute approximate surface area is 151 Å². The van der Waals surface area contributed by atoms with Crippen molar-refractivity contribution in [1.82, 2.24) is 5.32 Å². The number of carbonyl (C=O) groups excluding carboxylic acids is 1. The number of morpholine rings is 1. The highest BCUT2D eigenvalue weighted by Gasteiger charge is 2.42. The minimum absolute atomic E-state index is 0.226. The lowest BCUT2D eigenvalue weighted by Gasteiger charge is -2.47. The van der Waals surface area contributed by atoms with Gasteiger partial charge >= 0.3 is 6.03 Å². The summed E-state index contributed by atoms with van der Waals surface area (Å²) in [5, 5.41) is 9.70. The Hall–Kier alpha value is -2.08.